The van der Waals surface area contributed by atoms with Crippen LogP contribution in [0.15, 0.2) is 41.3 Å². The van der Waals surface area contributed by atoms with Gasteiger partial charge in [0, 0.05) is 5.56 Å². The quantitative estimate of drug-likeness (QED) is 0.799. The van der Waals surface area contributed by atoms with E-state index in [9.17, 15) is 0 Å². The summed E-state index contributed by atoms with van der Waals surface area (Å²) < 4.78 is 4.92. The molecule has 0 saturated heterocycles. The summed E-state index contributed by atoms with van der Waals surface area (Å²) in [5.41, 5.74) is 8.65. The van der Waals surface area contributed by atoms with Gasteiger partial charge in [0.25, 0.3) is 0 Å². The molecule has 3 heteroatoms. The van der Waals surface area contributed by atoms with Crippen LogP contribution in [0.1, 0.15) is 5.56 Å². The molecule has 0 saturated carbocycles. The second kappa shape index (κ2) is 4.07. The van der Waals surface area contributed by atoms with Gasteiger partial charge in [-0.1, -0.05) is 24.3 Å². The van der Waals surface area contributed by atoms with E-state index >= 15 is 0 Å². The van der Waals surface area contributed by atoms with Crippen molar-refractivity contribution < 1.29 is 4.42 Å². The molecule has 72 valence electrons. The third-order valence-electron chi connectivity index (χ3n) is 2.12. The minimum atomic E-state index is 0.684. The van der Waals surface area contributed by atoms with Crippen LogP contribution in [0.4, 0.5) is 0 Å². The molecule has 0 atom stereocenters. The first-order valence-electron chi connectivity index (χ1n) is 4.58. The molecule has 0 aliphatic heterocycles. The van der Waals surface area contributed by atoms with Gasteiger partial charge in [-0.3, -0.25) is 0 Å². The highest BCUT2D eigenvalue weighted by Gasteiger charge is 1.99. The second-order valence-corrected chi connectivity index (χ2v) is 3.11. The van der Waals surface area contributed by atoms with Crippen molar-refractivity contribution in [3.63, 3.8) is 0 Å². The zero-order valence-electron chi connectivity index (χ0n) is 7.81. The Morgan fingerprint density at radius 2 is 2.00 bits per heavy atom. The Morgan fingerprint density at radius 1 is 1.21 bits per heavy atom. The van der Waals surface area contributed by atoms with E-state index in [1.54, 1.807) is 6.26 Å². The van der Waals surface area contributed by atoms with Gasteiger partial charge in [-0.15, -0.1) is 0 Å². The minimum Gasteiger partial charge on any atom is -0.451 e. The molecule has 1 aromatic carbocycles. The lowest BCUT2D eigenvalue weighted by molar-refractivity contribution is 0.558. The van der Waals surface area contributed by atoms with Crippen molar-refractivity contribution in [3.05, 3.63) is 42.5 Å². The van der Waals surface area contributed by atoms with Crippen molar-refractivity contribution in [2.75, 3.05) is 6.54 Å². The summed E-state index contributed by atoms with van der Waals surface area (Å²) in [7, 11) is 0. The lowest BCUT2D eigenvalue weighted by atomic mass is 10.1. The Bertz CT molecular complexity index is 378. The van der Waals surface area contributed by atoms with E-state index in [1.807, 2.05) is 12.1 Å². The Morgan fingerprint density at radius 3 is 2.57 bits per heavy atom. The second-order valence-electron chi connectivity index (χ2n) is 3.11. The zero-order valence-corrected chi connectivity index (χ0v) is 7.81. The number of rotatable bonds is 3. The lowest BCUT2D eigenvalue weighted by Crippen LogP contribution is -2.02. The van der Waals surface area contributed by atoms with Gasteiger partial charge in [-0.2, -0.15) is 0 Å². The number of oxazole rings is 1. The molecule has 2 aromatic rings. The van der Waals surface area contributed by atoms with Crippen LogP contribution in [0, 0.1) is 0 Å². The van der Waals surface area contributed by atoms with E-state index < -0.39 is 0 Å². The highest BCUT2D eigenvalue weighted by atomic mass is 16.3. The summed E-state index contributed by atoms with van der Waals surface area (Å²) in [4.78, 5) is 4.07. The summed E-state index contributed by atoms with van der Waals surface area (Å²) in [6, 6.07) is 8.19. The van der Waals surface area contributed by atoms with Crippen LogP contribution >= 0.6 is 0 Å². The van der Waals surface area contributed by atoms with Gasteiger partial charge in [0.1, 0.15) is 12.0 Å². The molecular formula is C11H12N2O. The molecule has 14 heavy (non-hydrogen) atoms. The third-order valence-corrected chi connectivity index (χ3v) is 2.12. The molecule has 0 radical (unpaired) electrons. The largest absolute Gasteiger partial charge is 0.451 e. The van der Waals surface area contributed by atoms with Gasteiger partial charge in [-0.25, -0.2) is 4.98 Å². The molecule has 2 rings (SSSR count). The fraction of sp³-hybridized carbons (Fsp3) is 0.182. The number of nitrogens with zero attached hydrogens (tertiary/aromatic N) is 1. The van der Waals surface area contributed by atoms with Gasteiger partial charge < -0.3 is 10.2 Å². The first-order chi connectivity index (χ1) is 6.90. The molecule has 0 fully saturated rings. The molecule has 2 N–H and O–H groups in total. The standard InChI is InChI=1S/C11H12N2O/c12-6-5-9-1-3-10(4-2-9)11-7-14-8-13-11/h1-4,7-8H,5-6,12H2. The van der Waals surface area contributed by atoms with Crippen LogP contribution in [0.2, 0.25) is 0 Å². The summed E-state index contributed by atoms with van der Waals surface area (Å²) in [5.74, 6) is 0. The van der Waals surface area contributed by atoms with E-state index in [4.69, 9.17) is 10.2 Å². The monoisotopic (exact) mass is 188 g/mol. The predicted octanol–water partition coefficient (Wildman–Crippen LogP) is 1.84. The fourth-order valence-electron chi connectivity index (χ4n) is 1.36. The van der Waals surface area contributed by atoms with Crippen molar-refractivity contribution in [2.24, 2.45) is 5.73 Å². The first-order valence-corrected chi connectivity index (χ1v) is 4.58. The van der Waals surface area contributed by atoms with Crippen molar-refractivity contribution in [1.82, 2.24) is 4.98 Å². The van der Waals surface area contributed by atoms with Crippen molar-refractivity contribution in [2.45, 2.75) is 6.42 Å². The van der Waals surface area contributed by atoms with Gasteiger partial charge in [-0.05, 0) is 18.5 Å². The summed E-state index contributed by atoms with van der Waals surface area (Å²) in [5, 5.41) is 0. The topological polar surface area (TPSA) is 52.0 Å². The lowest BCUT2D eigenvalue weighted by Gasteiger charge is -1.99. The van der Waals surface area contributed by atoms with Crippen molar-refractivity contribution in [1.29, 1.82) is 0 Å². The highest BCUT2D eigenvalue weighted by Crippen LogP contribution is 2.17. The van der Waals surface area contributed by atoms with Gasteiger partial charge in [0.05, 0.1) is 0 Å². The molecular weight excluding hydrogens is 176 g/mol. The number of nitrogens with two attached hydrogens (primary N) is 1. The van der Waals surface area contributed by atoms with E-state index in [2.05, 4.69) is 17.1 Å². The average Bonchev–Trinajstić information content (AvgIpc) is 2.72. The van der Waals surface area contributed by atoms with Crippen LogP contribution in [-0.4, -0.2) is 11.5 Å². The van der Waals surface area contributed by atoms with Crippen LogP contribution in [0.5, 0.6) is 0 Å². The molecule has 0 spiro atoms. The van der Waals surface area contributed by atoms with Crippen LogP contribution in [-0.2, 0) is 6.42 Å². The molecule has 0 bridgehead atoms. The fourth-order valence-corrected chi connectivity index (χ4v) is 1.36. The molecule has 3 nitrogen and oxygen atoms in total. The molecule has 1 heterocycles. The zero-order chi connectivity index (χ0) is 9.80. The van der Waals surface area contributed by atoms with Gasteiger partial charge in [0.2, 0.25) is 0 Å². The Labute approximate surface area is 82.6 Å². The third kappa shape index (κ3) is 1.83. The van der Waals surface area contributed by atoms with Crippen LogP contribution in [0.25, 0.3) is 11.3 Å². The summed E-state index contributed by atoms with van der Waals surface area (Å²) in [6.07, 6.45) is 3.99. The van der Waals surface area contributed by atoms with Gasteiger partial charge in [0.15, 0.2) is 6.39 Å². The molecule has 1 aromatic heterocycles. The highest BCUT2D eigenvalue weighted by molar-refractivity contribution is 5.57. The molecule has 0 amide bonds. The average molecular weight is 188 g/mol. The summed E-state index contributed by atoms with van der Waals surface area (Å²) in [6.45, 7) is 0.684. The predicted molar refractivity (Wildman–Crippen MR) is 54.7 cm³/mol. The van der Waals surface area contributed by atoms with Crippen LogP contribution in [0.3, 0.4) is 0 Å². The molecule has 0 aliphatic rings. The number of hydrogen-bond donors (Lipinski definition) is 1. The minimum absolute atomic E-state index is 0.684. The smallest absolute Gasteiger partial charge is 0.181 e. The molecule has 0 aliphatic carbocycles. The molecule has 0 unspecified atom stereocenters. The summed E-state index contributed by atoms with van der Waals surface area (Å²) >= 11 is 0. The van der Waals surface area contributed by atoms with Crippen LogP contribution < -0.4 is 5.73 Å². The number of aromatic nitrogens is 1. The number of benzene rings is 1. The van der Waals surface area contributed by atoms with E-state index in [0.29, 0.717) is 6.54 Å². The van der Waals surface area contributed by atoms with E-state index in [1.165, 1.54) is 12.0 Å². The van der Waals surface area contributed by atoms with E-state index in [-0.39, 0.29) is 0 Å². The van der Waals surface area contributed by atoms with Crippen molar-refractivity contribution >= 4 is 0 Å². The maximum absolute atomic E-state index is 5.47. The Balaban J connectivity index is 2.22. The van der Waals surface area contributed by atoms with E-state index in [0.717, 1.165) is 17.7 Å². The van der Waals surface area contributed by atoms with Crippen molar-refractivity contribution in [3.8, 4) is 11.3 Å². The first kappa shape index (κ1) is 8.97. The van der Waals surface area contributed by atoms with Gasteiger partial charge >= 0.3 is 0 Å². The number of hydrogen-bond acceptors (Lipinski definition) is 3. The maximum Gasteiger partial charge on any atom is 0.181 e. The Kier molecular flexibility index (Phi) is 2.60. The SMILES string of the molecule is NCCc1ccc(-c2cocn2)cc1. The normalized spacial score (nSPS) is 10.4. The maximum atomic E-state index is 5.47. The Hall–Kier alpha value is -1.61.